The highest BCUT2D eigenvalue weighted by Crippen LogP contribution is 2.53. The lowest BCUT2D eigenvalue weighted by molar-refractivity contribution is -0.155. The summed E-state index contributed by atoms with van der Waals surface area (Å²) >= 11 is 1.55. The number of alkyl carbamates (subject to hydrolysis) is 1. The zero-order chi connectivity index (χ0) is 46.2. The van der Waals surface area contributed by atoms with Gasteiger partial charge in [0.2, 0.25) is 5.91 Å². The fourth-order valence-electron chi connectivity index (χ4n) is 9.89. The van der Waals surface area contributed by atoms with Crippen molar-refractivity contribution in [2.75, 3.05) is 32.9 Å². The molecule has 1 saturated carbocycles. The van der Waals surface area contributed by atoms with Crippen LogP contribution in [0.4, 0.5) is 4.79 Å². The number of aliphatic hydroxyl groups is 2. The number of thiazole rings is 1. The maximum absolute atomic E-state index is 14.5. The Kier molecular flexibility index (Phi) is 17.2. The number of hydrogen-bond acceptors (Lipinski definition) is 14. The third-order valence-corrected chi connectivity index (χ3v) is 15.1. The number of nitrogens with zero attached hydrogens (tertiary/aromatic N) is 4. The number of fused-ring (bicyclic) bond motifs is 3. The van der Waals surface area contributed by atoms with Gasteiger partial charge in [0.05, 0.1) is 77.7 Å². The first-order chi connectivity index (χ1) is 30.5. The average molecular weight is 913 g/mol. The van der Waals surface area contributed by atoms with Crippen LogP contribution in [-0.4, -0.2) is 117 Å². The van der Waals surface area contributed by atoms with Crippen molar-refractivity contribution >= 4 is 41.2 Å². The number of Topliss-reactive ketones (excluding diaryl/α,β-unsaturated/α-hetero) is 1. The molecule has 2 amide bonds. The molecule has 16 nitrogen and oxygen atoms in total. The van der Waals surface area contributed by atoms with Gasteiger partial charge in [-0.05, 0) is 107 Å². The van der Waals surface area contributed by atoms with Crippen LogP contribution in [0.15, 0.2) is 11.0 Å². The van der Waals surface area contributed by atoms with Crippen molar-refractivity contribution < 1.29 is 48.3 Å². The van der Waals surface area contributed by atoms with Gasteiger partial charge in [-0.3, -0.25) is 14.4 Å². The Morgan fingerprint density at radius 1 is 1.05 bits per heavy atom. The van der Waals surface area contributed by atoms with Crippen LogP contribution < -0.4 is 10.6 Å². The maximum atomic E-state index is 14.5. The molecule has 4 aliphatic rings. The van der Waals surface area contributed by atoms with Crippen LogP contribution in [0, 0.1) is 41.9 Å². The highest BCUT2D eigenvalue weighted by molar-refractivity contribution is 7.09. The van der Waals surface area contributed by atoms with Gasteiger partial charge in [-0.1, -0.05) is 38.8 Å². The van der Waals surface area contributed by atoms with E-state index in [2.05, 4.69) is 32.9 Å². The minimum absolute atomic E-state index is 0.103. The van der Waals surface area contributed by atoms with Crippen LogP contribution in [0.3, 0.4) is 0 Å². The van der Waals surface area contributed by atoms with Crippen molar-refractivity contribution in [1.82, 2.24) is 30.6 Å². The molecule has 2 aromatic heterocycles. The van der Waals surface area contributed by atoms with E-state index in [0.717, 1.165) is 72.6 Å². The number of rotatable bonds is 15. The second kappa shape index (κ2) is 22.1. The molecule has 2 unspecified atom stereocenters. The maximum Gasteiger partial charge on any atom is 0.407 e. The number of cyclic esters (lactones) is 1. The molecular formula is C47H72N6O10S. The van der Waals surface area contributed by atoms with Crippen molar-refractivity contribution in [1.29, 1.82) is 0 Å². The number of amides is 2. The van der Waals surface area contributed by atoms with E-state index in [9.17, 15) is 29.4 Å². The Hall–Kier alpha value is -3.77. The Morgan fingerprint density at radius 3 is 2.50 bits per heavy atom. The third kappa shape index (κ3) is 13.2. The topological polar surface area (TPSA) is 217 Å². The summed E-state index contributed by atoms with van der Waals surface area (Å²) in [6, 6.07) is 0. The van der Waals surface area contributed by atoms with Crippen molar-refractivity contribution in [2.45, 2.75) is 162 Å². The summed E-state index contributed by atoms with van der Waals surface area (Å²) in [6.45, 7) is 15.2. The highest BCUT2D eigenvalue weighted by atomic mass is 32.1. The predicted molar refractivity (Wildman–Crippen MR) is 240 cm³/mol. The summed E-state index contributed by atoms with van der Waals surface area (Å²) in [5.41, 5.74) is 2.09. The molecule has 17 heteroatoms. The number of ether oxygens (including phenoxy) is 4. The van der Waals surface area contributed by atoms with Crippen molar-refractivity contribution in [2.24, 2.45) is 35.0 Å². The lowest BCUT2D eigenvalue weighted by Crippen LogP contribution is -2.46. The summed E-state index contributed by atoms with van der Waals surface area (Å²) < 4.78 is 25.2. The third-order valence-electron chi connectivity index (χ3n) is 14.3. The molecule has 64 heavy (non-hydrogen) atoms. The van der Waals surface area contributed by atoms with Crippen LogP contribution in [0.2, 0.25) is 0 Å². The second-order valence-electron chi connectivity index (χ2n) is 19.5. The fourth-order valence-corrected chi connectivity index (χ4v) is 10.5. The van der Waals surface area contributed by atoms with Gasteiger partial charge in [0.25, 0.3) is 0 Å². The van der Waals surface area contributed by atoms with Crippen LogP contribution in [0.5, 0.6) is 0 Å². The van der Waals surface area contributed by atoms with Gasteiger partial charge in [-0.15, -0.1) is 16.4 Å². The number of ketones is 1. The number of hydrogen-bond donors (Lipinski definition) is 4. The van der Waals surface area contributed by atoms with E-state index >= 15 is 0 Å². The first kappa shape index (κ1) is 49.7. The van der Waals surface area contributed by atoms with Gasteiger partial charge in [0, 0.05) is 44.3 Å². The number of aliphatic hydroxyl groups excluding tert-OH is 2. The molecule has 0 aromatic carbocycles. The van der Waals surface area contributed by atoms with E-state index in [1.54, 1.807) is 25.2 Å². The Morgan fingerprint density at radius 2 is 1.78 bits per heavy atom. The molecule has 10 atom stereocenters. The van der Waals surface area contributed by atoms with Gasteiger partial charge in [0.1, 0.15) is 11.9 Å². The molecule has 0 spiro atoms. The van der Waals surface area contributed by atoms with Crippen LogP contribution >= 0.6 is 11.3 Å². The summed E-state index contributed by atoms with van der Waals surface area (Å²) in [4.78, 5) is 55.8. The zero-order valence-electron chi connectivity index (χ0n) is 38.9. The minimum Gasteiger partial charge on any atom is -0.458 e. The molecule has 0 bridgehead atoms. The molecule has 2 aliphatic heterocycles. The number of epoxide rings is 1. The quantitative estimate of drug-likeness (QED) is 0.0983. The SMILES string of the molecule is CC(=O)NCCOCCNC(=O)OC[C@@H]1[C@@H]2CCc3nnn(CCCC[C@H]4C(=O)C(C)(C)[C@@H](O)CC(=O)OC(/C(C)=C/c5csc(C)n5)C[C@@H]5OC5(C)CCC[C@H](C)[C@@H]4O)c3CC[C@@H]21. The first-order valence-corrected chi connectivity index (χ1v) is 24.4. The monoisotopic (exact) mass is 913 g/mol. The van der Waals surface area contributed by atoms with Crippen LogP contribution in [-0.2, 0) is 52.7 Å². The summed E-state index contributed by atoms with van der Waals surface area (Å²) in [6.07, 6.45) is 6.34. The van der Waals surface area contributed by atoms with Crippen molar-refractivity contribution in [3.8, 4) is 0 Å². The van der Waals surface area contributed by atoms with Gasteiger partial charge >= 0.3 is 12.1 Å². The number of aromatic nitrogens is 4. The van der Waals surface area contributed by atoms with Crippen LogP contribution in [0.1, 0.15) is 128 Å². The van der Waals surface area contributed by atoms with Gasteiger partial charge in [-0.2, -0.15) is 0 Å². The zero-order valence-corrected chi connectivity index (χ0v) is 39.8. The molecule has 4 heterocycles. The summed E-state index contributed by atoms with van der Waals surface area (Å²) in [5.74, 6) is -0.581. The van der Waals surface area contributed by atoms with Crippen molar-refractivity contribution in [3.63, 3.8) is 0 Å². The number of aryl methyl sites for hydroxylation is 3. The largest absolute Gasteiger partial charge is 0.458 e. The van der Waals surface area contributed by atoms with E-state index in [4.69, 9.17) is 18.9 Å². The number of carbonyl (C=O) groups is 4. The van der Waals surface area contributed by atoms with E-state index in [0.29, 0.717) is 82.9 Å². The molecule has 2 aliphatic carbocycles. The van der Waals surface area contributed by atoms with Gasteiger partial charge in [-0.25, -0.2) is 14.5 Å². The molecule has 6 rings (SSSR count). The normalized spacial score (nSPS) is 31.0. The molecule has 3 fully saturated rings. The molecule has 2 saturated heterocycles. The second-order valence-corrected chi connectivity index (χ2v) is 20.5. The smallest absolute Gasteiger partial charge is 0.407 e. The lowest BCUT2D eigenvalue weighted by atomic mass is 9.71. The average Bonchev–Trinajstić information content (AvgIpc) is 3.93. The summed E-state index contributed by atoms with van der Waals surface area (Å²) in [5, 5.41) is 40.8. The van der Waals surface area contributed by atoms with Gasteiger partial charge in [0.15, 0.2) is 0 Å². The van der Waals surface area contributed by atoms with E-state index in [1.165, 1.54) is 6.92 Å². The number of carbonyl (C=O) groups excluding carboxylic acids is 4. The van der Waals surface area contributed by atoms with E-state index < -0.39 is 41.7 Å². The lowest BCUT2D eigenvalue weighted by Gasteiger charge is -2.36. The molecule has 0 radical (unpaired) electrons. The molecule has 4 N–H and O–H groups in total. The predicted octanol–water partition coefficient (Wildman–Crippen LogP) is 5.54. The van der Waals surface area contributed by atoms with E-state index in [1.807, 2.05) is 36.9 Å². The minimum atomic E-state index is -1.32. The number of unbranched alkanes of at least 4 members (excludes halogenated alkanes) is 1. The molecule has 2 aromatic rings. The molecule has 356 valence electrons. The standard InChI is InChI=1S/C47H72N6O10S/c1-28-11-10-17-47(7)41(63-47)24-39(29(2)23-32-27-64-31(4)50-32)62-42(56)25-40(55)46(5,6)44(58)35(43(28)57)12-8-9-20-53-38-16-14-34-33(13-15-37(38)51-52-53)36(34)26-61-45(59)49-19-22-60-21-18-48-30(3)54/h23,27-28,33-36,39-41,43,55,57H,8-22,24-26H2,1-7H3,(H,48,54)(H,49,59)/b29-23+/t28-,33+,34-,35+,36+,39?,40-,41-,43-,47?/m0/s1. The number of esters is 1. The highest BCUT2D eigenvalue weighted by Gasteiger charge is 2.53. The van der Waals surface area contributed by atoms with Crippen molar-refractivity contribution in [3.05, 3.63) is 33.0 Å². The Bertz CT molecular complexity index is 1950. The summed E-state index contributed by atoms with van der Waals surface area (Å²) in [7, 11) is 0. The van der Waals surface area contributed by atoms with Crippen LogP contribution in [0.25, 0.3) is 6.08 Å². The molecular weight excluding hydrogens is 841 g/mol. The van der Waals surface area contributed by atoms with Gasteiger partial charge < -0.3 is 39.8 Å². The number of nitrogens with one attached hydrogen (secondary N) is 2. The Balaban J connectivity index is 1.01. The van der Waals surface area contributed by atoms with E-state index in [-0.39, 0.29) is 35.7 Å². The fraction of sp³-hybridized carbons (Fsp3) is 0.766. The Labute approximate surface area is 382 Å². The first-order valence-electron chi connectivity index (χ1n) is 23.5.